The van der Waals surface area contributed by atoms with Crippen LogP contribution in [0.5, 0.6) is 0 Å². The Balaban J connectivity index is 1.85. The first-order valence-corrected chi connectivity index (χ1v) is 7.22. The molecule has 0 saturated carbocycles. The third-order valence-corrected chi connectivity index (χ3v) is 3.17. The molecule has 0 fully saturated rings. The van der Waals surface area contributed by atoms with Gasteiger partial charge in [0.1, 0.15) is 5.82 Å². The Hall–Kier alpha value is -2.90. The Morgan fingerprint density at radius 2 is 1.68 bits per heavy atom. The van der Waals surface area contributed by atoms with E-state index in [2.05, 4.69) is 10.6 Å². The second-order valence-electron chi connectivity index (χ2n) is 5.21. The molecule has 2 rings (SSSR count). The average molecular weight is 354 g/mol. The molecule has 25 heavy (non-hydrogen) atoms. The van der Waals surface area contributed by atoms with Crippen LogP contribution in [0.4, 0.5) is 23.2 Å². The van der Waals surface area contributed by atoms with Crippen LogP contribution in [0.1, 0.15) is 11.1 Å². The molecule has 0 spiro atoms. The van der Waals surface area contributed by atoms with Crippen molar-refractivity contribution in [2.75, 3.05) is 11.9 Å². The fraction of sp³-hybridized carbons (Fsp3) is 0.176. The molecule has 2 aromatic carbocycles. The molecular weight excluding hydrogens is 340 g/mol. The van der Waals surface area contributed by atoms with E-state index >= 15 is 0 Å². The van der Waals surface area contributed by atoms with E-state index < -0.39 is 35.9 Å². The lowest BCUT2D eigenvalue weighted by molar-refractivity contribution is -0.137. The summed E-state index contributed by atoms with van der Waals surface area (Å²) in [4.78, 5) is 23.4. The Morgan fingerprint density at radius 3 is 2.36 bits per heavy atom. The van der Waals surface area contributed by atoms with E-state index in [-0.39, 0.29) is 12.1 Å². The first-order valence-electron chi connectivity index (χ1n) is 7.22. The number of benzene rings is 2. The number of anilines is 1. The van der Waals surface area contributed by atoms with Crippen molar-refractivity contribution in [3.05, 3.63) is 65.5 Å². The van der Waals surface area contributed by atoms with Crippen molar-refractivity contribution in [1.29, 1.82) is 0 Å². The van der Waals surface area contributed by atoms with Gasteiger partial charge in [0.25, 0.3) is 0 Å². The molecule has 8 heteroatoms. The van der Waals surface area contributed by atoms with Gasteiger partial charge < -0.3 is 10.6 Å². The monoisotopic (exact) mass is 354 g/mol. The quantitative estimate of drug-likeness (QED) is 0.811. The molecule has 2 amide bonds. The fourth-order valence-corrected chi connectivity index (χ4v) is 2.05. The highest BCUT2D eigenvalue weighted by Crippen LogP contribution is 2.30. The zero-order valence-corrected chi connectivity index (χ0v) is 12.9. The largest absolute Gasteiger partial charge is 0.416 e. The van der Waals surface area contributed by atoms with Crippen molar-refractivity contribution >= 4 is 17.5 Å². The smallest absolute Gasteiger partial charge is 0.347 e. The van der Waals surface area contributed by atoms with Gasteiger partial charge in [0.15, 0.2) is 0 Å². The van der Waals surface area contributed by atoms with Crippen LogP contribution in [-0.4, -0.2) is 18.4 Å². The molecule has 0 bridgehead atoms. The minimum absolute atomic E-state index is 0.0285. The van der Waals surface area contributed by atoms with Crippen molar-refractivity contribution in [1.82, 2.24) is 5.32 Å². The van der Waals surface area contributed by atoms with Crippen LogP contribution in [-0.2, 0) is 22.2 Å². The maximum absolute atomic E-state index is 13.0. The molecule has 0 aliphatic carbocycles. The standard InChI is InChI=1S/C17H14F4N2O2/c18-13-5-1-3-11(7-13)8-15(24)22-10-16(25)23-14-6-2-4-12(9-14)17(19,20)21/h1-7,9H,8,10H2,(H,22,24)(H,23,25). The minimum atomic E-state index is -4.51. The molecule has 0 aromatic heterocycles. The van der Waals surface area contributed by atoms with Gasteiger partial charge in [-0.25, -0.2) is 4.39 Å². The summed E-state index contributed by atoms with van der Waals surface area (Å²) in [5, 5.41) is 4.59. The molecule has 0 unspecified atom stereocenters. The van der Waals surface area contributed by atoms with Crippen molar-refractivity contribution in [3.8, 4) is 0 Å². The van der Waals surface area contributed by atoms with Crippen LogP contribution >= 0.6 is 0 Å². The summed E-state index contributed by atoms with van der Waals surface area (Å²) in [6.07, 6.45) is -4.63. The van der Waals surface area contributed by atoms with Gasteiger partial charge in [-0.1, -0.05) is 18.2 Å². The number of carbonyl (C=O) groups excluding carboxylic acids is 2. The van der Waals surface area contributed by atoms with E-state index in [1.165, 1.54) is 30.3 Å². The number of hydrogen-bond acceptors (Lipinski definition) is 2. The number of alkyl halides is 3. The first kappa shape index (κ1) is 18.4. The summed E-state index contributed by atoms with van der Waals surface area (Å²) in [6.45, 7) is -0.412. The average Bonchev–Trinajstić information content (AvgIpc) is 2.52. The first-order chi connectivity index (χ1) is 11.7. The minimum Gasteiger partial charge on any atom is -0.347 e. The predicted octanol–water partition coefficient (Wildman–Crippen LogP) is 3.14. The highest BCUT2D eigenvalue weighted by atomic mass is 19.4. The van der Waals surface area contributed by atoms with Gasteiger partial charge in [-0.05, 0) is 35.9 Å². The van der Waals surface area contributed by atoms with Crippen molar-refractivity contribution in [2.24, 2.45) is 0 Å². The third-order valence-electron chi connectivity index (χ3n) is 3.17. The summed E-state index contributed by atoms with van der Waals surface area (Å²) in [7, 11) is 0. The summed E-state index contributed by atoms with van der Waals surface area (Å²) in [5.74, 6) is -1.66. The van der Waals surface area contributed by atoms with E-state index in [1.807, 2.05) is 0 Å². The molecule has 0 radical (unpaired) electrons. The van der Waals surface area contributed by atoms with Gasteiger partial charge in [-0.3, -0.25) is 9.59 Å². The van der Waals surface area contributed by atoms with E-state index in [0.717, 1.165) is 12.1 Å². The highest BCUT2D eigenvalue weighted by molar-refractivity contribution is 5.94. The van der Waals surface area contributed by atoms with Crippen molar-refractivity contribution in [2.45, 2.75) is 12.6 Å². The highest BCUT2D eigenvalue weighted by Gasteiger charge is 2.30. The van der Waals surface area contributed by atoms with Gasteiger partial charge >= 0.3 is 6.18 Å². The molecule has 0 aliphatic heterocycles. The number of nitrogens with one attached hydrogen (secondary N) is 2. The lowest BCUT2D eigenvalue weighted by atomic mass is 10.1. The molecule has 132 valence electrons. The van der Waals surface area contributed by atoms with Crippen LogP contribution in [0.3, 0.4) is 0 Å². The van der Waals surface area contributed by atoms with Crippen LogP contribution in [0.2, 0.25) is 0 Å². The Morgan fingerprint density at radius 1 is 0.960 bits per heavy atom. The maximum Gasteiger partial charge on any atom is 0.416 e. The van der Waals surface area contributed by atoms with E-state index in [1.54, 1.807) is 6.07 Å². The predicted molar refractivity (Wildman–Crippen MR) is 83.2 cm³/mol. The van der Waals surface area contributed by atoms with Crippen LogP contribution in [0.25, 0.3) is 0 Å². The summed E-state index contributed by atoms with van der Waals surface area (Å²) >= 11 is 0. The number of rotatable bonds is 5. The lowest BCUT2D eigenvalue weighted by Crippen LogP contribution is -2.33. The Labute approximate surface area is 140 Å². The molecule has 0 atom stereocenters. The maximum atomic E-state index is 13.0. The van der Waals surface area contributed by atoms with Gasteiger partial charge in [0.2, 0.25) is 11.8 Å². The fourth-order valence-electron chi connectivity index (χ4n) is 2.05. The zero-order chi connectivity index (χ0) is 18.4. The van der Waals surface area contributed by atoms with E-state index in [9.17, 15) is 27.2 Å². The van der Waals surface area contributed by atoms with Crippen LogP contribution < -0.4 is 10.6 Å². The lowest BCUT2D eigenvalue weighted by Gasteiger charge is -2.10. The van der Waals surface area contributed by atoms with Gasteiger partial charge in [-0.15, -0.1) is 0 Å². The summed E-state index contributed by atoms with van der Waals surface area (Å²) in [6, 6.07) is 9.61. The topological polar surface area (TPSA) is 58.2 Å². The number of halogens is 4. The second kappa shape index (κ2) is 7.78. The van der Waals surface area contributed by atoms with Gasteiger partial charge in [0, 0.05) is 5.69 Å². The normalized spacial score (nSPS) is 11.0. The molecule has 0 aliphatic rings. The van der Waals surface area contributed by atoms with Crippen molar-refractivity contribution < 1.29 is 27.2 Å². The summed E-state index contributed by atoms with van der Waals surface area (Å²) < 4.78 is 50.8. The van der Waals surface area contributed by atoms with Crippen molar-refractivity contribution in [3.63, 3.8) is 0 Å². The van der Waals surface area contributed by atoms with E-state index in [0.29, 0.717) is 5.56 Å². The number of amides is 2. The molecule has 0 heterocycles. The third kappa shape index (κ3) is 5.91. The number of carbonyl (C=O) groups is 2. The van der Waals surface area contributed by atoms with E-state index in [4.69, 9.17) is 0 Å². The Kier molecular flexibility index (Phi) is 5.74. The molecule has 2 aromatic rings. The van der Waals surface area contributed by atoms with Crippen LogP contribution in [0.15, 0.2) is 48.5 Å². The SMILES string of the molecule is O=C(Cc1cccc(F)c1)NCC(=O)Nc1cccc(C(F)(F)F)c1. The molecule has 4 nitrogen and oxygen atoms in total. The molecule has 0 saturated heterocycles. The zero-order valence-electron chi connectivity index (χ0n) is 12.9. The van der Waals surface area contributed by atoms with Crippen LogP contribution in [0, 0.1) is 5.82 Å². The van der Waals surface area contributed by atoms with Gasteiger partial charge in [-0.2, -0.15) is 13.2 Å². The second-order valence-corrected chi connectivity index (χ2v) is 5.21. The molecule has 2 N–H and O–H groups in total. The molecular formula is C17H14F4N2O2. The van der Waals surface area contributed by atoms with Gasteiger partial charge in [0.05, 0.1) is 18.5 Å². The summed E-state index contributed by atoms with van der Waals surface area (Å²) in [5.41, 5.74) is -0.476. The Bertz CT molecular complexity index is 775. The number of hydrogen-bond donors (Lipinski definition) is 2.